The van der Waals surface area contributed by atoms with Crippen molar-refractivity contribution >= 4 is 21.6 Å². The van der Waals surface area contributed by atoms with Crippen LogP contribution in [0, 0.1) is 0 Å². The number of halogens is 3. The van der Waals surface area contributed by atoms with Crippen LogP contribution in [0.4, 0.5) is 19.0 Å². The molecule has 1 aliphatic rings. The Kier molecular flexibility index (Phi) is 6.84. The zero-order chi connectivity index (χ0) is 25.2. The van der Waals surface area contributed by atoms with Crippen molar-refractivity contribution in [3.63, 3.8) is 0 Å². The second-order valence-electron chi connectivity index (χ2n) is 8.56. The number of benzene rings is 2. The number of hydrogen-bond donors (Lipinski definition) is 2. The summed E-state index contributed by atoms with van der Waals surface area (Å²) in [6, 6.07) is 15.6. The molecule has 1 heterocycles. The summed E-state index contributed by atoms with van der Waals surface area (Å²) in [5.74, 6) is -0.178. The molecule has 3 N–H and O–H groups in total. The third kappa shape index (κ3) is 5.64. The van der Waals surface area contributed by atoms with E-state index in [1.165, 1.54) is 6.07 Å². The summed E-state index contributed by atoms with van der Waals surface area (Å²) < 4.78 is 64.4. The summed E-state index contributed by atoms with van der Waals surface area (Å²) in [6.45, 7) is 0. The van der Waals surface area contributed by atoms with Crippen molar-refractivity contribution in [1.29, 1.82) is 0 Å². The lowest BCUT2D eigenvalue weighted by molar-refractivity contribution is -0.137. The van der Waals surface area contributed by atoms with Crippen LogP contribution in [0.25, 0.3) is 11.1 Å². The zero-order valence-electron chi connectivity index (χ0n) is 18.6. The number of aromatic nitrogens is 1. The number of alkyl halides is 3. The highest BCUT2D eigenvalue weighted by Gasteiger charge is 2.33. The van der Waals surface area contributed by atoms with Crippen LogP contribution in [0.3, 0.4) is 0 Å². The van der Waals surface area contributed by atoms with Crippen molar-refractivity contribution in [3.05, 3.63) is 78.0 Å². The lowest BCUT2D eigenvalue weighted by Crippen LogP contribution is -2.33. The monoisotopic (exact) mass is 503 g/mol. The number of nitrogens with zero attached hydrogens (tertiary/aromatic N) is 1. The Morgan fingerprint density at radius 1 is 0.886 bits per heavy atom. The molecule has 0 saturated heterocycles. The number of pyridine rings is 1. The first kappa shape index (κ1) is 24.7. The molecule has 0 radical (unpaired) electrons. The lowest BCUT2D eigenvalue weighted by Gasteiger charge is -2.29. The van der Waals surface area contributed by atoms with Crippen LogP contribution in [0.5, 0.6) is 0 Å². The van der Waals surface area contributed by atoms with Gasteiger partial charge in [0.2, 0.25) is 5.91 Å². The number of amides is 1. The summed E-state index contributed by atoms with van der Waals surface area (Å²) in [5, 5.41) is 2.58. The number of nitrogens with one attached hydrogen (secondary N) is 1. The molecule has 35 heavy (non-hydrogen) atoms. The minimum atomic E-state index is -4.44. The zero-order valence-corrected chi connectivity index (χ0v) is 19.4. The maximum absolute atomic E-state index is 13.2. The van der Waals surface area contributed by atoms with Crippen LogP contribution in [-0.4, -0.2) is 30.6 Å². The number of carbonyl (C=O) groups is 1. The molecule has 6 nitrogen and oxygen atoms in total. The van der Waals surface area contributed by atoms with Crippen LogP contribution in [0.1, 0.15) is 41.6 Å². The van der Waals surface area contributed by atoms with Crippen molar-refractivity contribution in [3.8, 4) is 11.1 Å². The predicted molar refractivity (Wildman–Crippen MR) is 126 cm³/mol. The van der Waals surface area contributed by atoms with E-state index >= 15 is 0 Å². The highest BCUT2D eigenvalue weighted by atomic mass is 32.2. The van der Waals surface area contributed by atoms with Crippen LogP contribution in [0.15, 0.2) is 71.8 Å². The number of hydrogen-bond acceptors (Lipinski definition) is 5. The Hall–Kier alpha value is -3.40. The number of anilines is 1. The minimum Gasteiger partial charge on any atom is -0.367 e. The molecule has 10 heteroatoms. The number of rotatable bonds is 6. The topological polar surface area (TPSA) is 102 Å². The van der Waals surface area contributed by atoms with Gasteiger partial charge in [0.25, 0.3) is 0 Å². The lowest BCUT2D eigenvalue weighted by atomic mass is 9.95. The van der Waals surface area contributed by atoms with Crippen molar-refractivity contribution < 1.29 is 26.4 Å². The molecule has 1 fully saturated rings. The van der Waals surface area contributed by atoms with E-state index in [1.807, 2.05) is 0 Å². The van der Waals surface area contributed by atoms with E-state index in [0.717, 1.165) is 23.4 Å². The SMILES string of the molecule is NC(=O)c1ccc(-c2ccc(S(=O)(=O)C3CCC(Nc4ccc(C(F)(F)F)cn4)CC3)cc2)cc1. The molecule has 1 amide bonds. The van der Waals surface area contributed by atoms with Crippen LogP contribution < -0.4 is 11.1 Å². The molecule has 0 atom stereocenters. The van der Waals surface area contributed by atoms with Gasteiger partial charge in [0.1, 0.15) is 5.82 Å². The van der Waals surface area contributed by atoms with Gasteiger partial charge < -0.3 is 11.1 Å². The van der Waals surface area contributed by atoms with Gasteiger partial charge in [-0.1, -0.05) is 24.3 Å². The number of nitrogens with two attached hydrogens (primary N) is 1. The maximum atomic E-state index is 13.2. The first-order chi connectivity index (χ1) is 16.5. The molecule has 0 bridgehead atoms. The van der Waals surface area contributed by atoms with Gasteiger partial charge in [0, 0.05) is 17.8 Å². The van der Waals surface area contributed by atoms with Crippen LogP contribution >= 0.6 is 0 Å². The minimum absolute atomic E-state index is 0.0589. The van der Waals surface area contributed by atoms with Gasteiger partial charge in [-0.3, -0.25) is 4.79 Å². The van der Waals surface area contributed by atoms with E-state index in [1.54, 1.807) is 48.5 Å². The molecular weight excluding hydrogens is 479 g/mol. The van der Waals surface area contributed by atoms with E-state index in [2.05, 4.69) is 10.3 Å². The molecule has 1 aromatic heterocycles. The molecule has 1 aliphatic carbocycles. The Morgan fingerprint density at radius 2 is 1.46 bits per heavy atom. The Labute approximate surface area is 201 Å². The highest BCUT2D eigenvalue weighted by Crippen LogP contribution is 2.32. The highest BCUT2D eigenvalue weighted by molar-refractivity contribution is 7.92. The van der Waals surface area contributed by atoms with Crippen molar-refractivity contribution in [1.82, 2.24) is 4.98 Å². The summed E-state index contributed by atoms with van der Waals surface area (Å²) in [7, 11) is -3.53. The van der Waals surface area contributed by atoms with Gasteiger partial charge in [0.05, 0.1) is 15.7 Å². The normalized spacial score (nSPS) is 18.7. The summed E-state index contributed by atoms with van der Waals surface area (Å²) in [6.07, 6.45) is -1.64. The van der Waals surface area contributed by atoms with Crippen molar-refractivity contribution in [2.45, 2.75) is 48.0 Å². The van der Waals surface area contributed by atoms with Gasteiger partial charge in [0.15, 0.2) is 9.84 Å². The first-order valence-corrected chi connectivity index (χ1v) is 12.6. The number of sulfone groups is 1. The predicted octanol–water partition coefficient (Wildman–Crippen LogP) is 5.06. The molecule has 0 spiro atoms. The Bertz CT molecular complexity index is 1280. The smallest absolute Gasteiger partial charge is 0.367 e. The average molecular weight is 504 g/mol. The van der Waals surface area contributed by atoms with E-state index in [4.69, 9.17) is 5.73 Å². The third-order valence-corrected chi connectivity index (χ3v) is 8.52. The second kappa shape index (κ2) is 9.69. The summed E-state index contributed by atoms with van der Waals surface area (Å²) >= 11 is 0. The summed E-state index contributed by atoms with van der Waals surface area (Å²) in [5.41, 5.74) is 6.49. The fourth-order valence-electron chi connectivity index (χ4n) is 4.23. The van der Waals surface area contributed by atoms with Gasteiger partial charge in [-0.15, -0.1) is 0 Å². The molecule has 184 valence electrons. The Balaban J connectivity index is 1.37. The number of carbonyl (C=O) groups excluding carboxylic acids is 1. The van der Waals surface area contributed by atoms with Gasteiger partial charge in [-0.05, 0) is 73.2 Å². The summed E-state index contributed by atoms with van der Waals surface area (Å²) in [4.78, 5) is 15.3. The second-order valence-corrected chi connectivity index (χ2v) is 10.8. The molecule has 3 aromatic rings. The average Bonchev–Trinajstić information content (AvgIpc) is 2.84. The number of primary amides is 1. The fraction of sp³-hybridized carbons (Fsp3) is 0.280. The first-order valence-electron chi connectivity index (χ1n) is 11.1. The van der Waals surface area contributed by atoms with Crippen LogP contribution in [0.2, 0.25) is 0 Å². The molecule has 4 rings (SSSR count). The van der Waals surface area contributed by atoms with E-state index < -0.39 is 32.7 Å². The fourth-order valence-corrected chi connectivity index (χ4v) is 6.02. The van der Waals surface area contributed by atoms with Crippen molar-refractivity contribution in [2.75, 3.05) is 5.32 Å². The van der Waals surface area contributed by atoms with E-state index in [9.17, 15) is 26.4 Å². The Morgan fingerprint density at radius 3 is 1.94 bits per heavy atom. The third-order valence-electron chi connectivity index (χ3n) is 6.24. The van der Waals surface area contributed by atoms with Gasteiger partial charge in [-0.25, -0.2) is 13.4 Å². The molecular formula is C25H24F3N3O3S. The van der Waals surface area contributed by atoms with E-state index in [-0.39, 0.29) is 10.9 Å². The van der Waals surface area contributed by atoms with Crippen LogP contribution in [-0.2, 0) is 16.0 Å². The molecule has 0 aliphatic heterocycles. The van der Waals surface area contributed by atoms with Gasteiger partial charge >= 0.3 is 6.18 Å². The largest absolute Gasteiger partial charge is 0.417 e. The van der Waals surface area contributed by atoms with E-state index in [0.29, 0.717) is 37.1 Å². The standard InChI is InChI=1S/C25H24F3N3O3S/c26-25(27,28)19-7-14-23(30-15-19)31-20-8-12-22(13-9-20)35(33,34)21-10-5-17(6-11-21)16-1-3-18(4-2-16)24(29)32/h1-7,10-11,14-15,20,22H,8-9,12-13H2,(H2,29,32)(H,30,31). The molecule has 2 aromatic carbocycles. The van der Waals surface area contributed by atoms with Gasteiger partial charge in [-0.2, -0.15) is 13.2 Å². The molecule has 1 saturated carbocycles. The quantitative estimate of drug-likeness (QED) is 0.489. The van der Waals surface area contributed by atoms with Crippen molar-refractivity contribution in [2.24, 2.45) is 5.73 Å². The maximum Gasteiger partial charge on any atom is 0.417 e. The molecule has 0 unspecified atom stereocenters.